The lowest BCUT2D eigenvalue weighted by atomic mass is 10.1. The molecule has 0 saturated heterocycles. The Labute approximate surface area is 117 Å². The Bertz CT molecular complexity index is 753. The standard InChI is InChI=1S/C17H15FN2/c1-12-16(18)3-2-4-17(12)20-10-13-5-6-15-11-19-8-7-14(15)9-13/h2-9,11,20H,10H2,1H3. The zero-order chi connectivity index (χ0) is 13.9. The van der Waals surface area contributed by atoms with Crippen LogP contribution in [0.2, 0.25) is 0 Å². The van der Waals surface area contributed by atoms with Crippen molar-refractivity contribution < 1.29 is 4.39 Å². The highest BCUT2D eigenvalue weighted by atomic mass is 19.1. The average molecular weight is 266 g/mol. The topological polar surface area (TPSA) is 24.9 Å². The number of hydrogen-bond acceptors (Lipinski definition) is 2. The highest BCUT2D eigenvalue weighted by molar-refractivity contribution is 5.82. The fourth-order valence-electron chi connectivity index (χ4n) is 2.24. The summed E-state index contributed by atoms with van der Waals surface area (Å²) in [4.78, 5) is 4.10. The average Bonchev–Trinajstić information content (AvgIpc) is 2.48. The molecule has 2 aromatic carbocycles. The lowest BCUT2D eigenvalue weighted by Crippen LogP contribution is -2.02. The Hall–Kier alpha value is -2.42. The van der Waals surface area contributed by atoms with E-state index in [-0.39, 0.29) is 5.82 Å². The van der Waals surface area contributed by atoms with Crippen LogP contribution in [-0.4, -0.2) is 4.98 Å². The van der Waals surface area contributed by atoms with E-state index in [2.05, 4.69) is 28.5 Å². The lowest BCUT2D eigenvalue weighted by molar-refractivity contribution is 0.619. The molecule has 0 atom stereocenters. The molecule has 0 aliphatic rings. The number of anilines is 1. The Kier molecular flexibility index (Phi) is 3.33. The number of benzene rings is 2. The van der Waals surface area contributed by atoms with Crippen LogP contribution in [0.3, 0.4) is 0 Å². The van der Waals surface area contributed by atoms with Gasteiger partial charge in [0.2, 0.25) is 0 Å². The molecule has 20 heavy (non-hydrogen) atoms. The first-order valence-corrected chi connectivity index (χ1v) is 6.56. The molecule has 100 valence electrons. The predicted octanol–water partition coefficient (Wildman–Crippen LogP) is 4.29. The van der Waals surface area contributed by atoms with E-state index in [1.54, 1.807) is 19.2 Å². The third-order valence-corrected chi connectivity index (χ3v) is 3.46. The fourth-order valence-corrected chi connectivity index (χ4v) is 2.24. The second-order valence-electron chi connectivity index (χ2n) is 4.82. The van der Waals surface area contributed by atoms with Gasteiger partial charge in [0.15, 0.2) is 0 Å². The molecule has 1 aromatic heterocycles. The van der Waals surface area contributed by atoms with Gasteiger partial charge in [-0.2, -0.15) is 0 Å². The molecule has 1 heterocycles. The summed E-state index contributed by atoms with van der Waals surface area (Å²) in [6.07, 6.45) is 3.64. The van der Waals surface area contributed by atoms with Crippen molar-refractivity contribution in [2.75, 3.05) is 5.32 Å². The van der Waals surface area contributed by atoms with Gasteiger partial charge in [0.25, 0.3) is 0 Å². The van der Waals surface area contributed by atoms with Crippen molar-refractivity contribution >= 4 is 16.5 Å². The number of hydrogen-bond donors (Lipinski definition) is 1. The summed E-state index contributed by atoms with van der Waals surface area (Å²) in [6.45, 7) is 2.45. The van der Waals surface area contributed by atoms with Crippen molar-refractivity contribution in [1.29, 1.82) is 0 Å². The monoisotopic (exact) mass is 266 g/mol. The summed E-state index contributed by atoms with van der Waals surface area (Å²) in [5.41, 5.74) is 2.64. The molecular weight excluding hydrogens is 251 g/mol. The van der Waals surface area contributed by atoms with Crippen LogP contribution in [0.4, 0.5) is 10.1 Å². The normalized spacial score (nSPS) is 10.7. The summed E-state index contributed by atoms with van der Waals surface area (Å²) in [5.74, 6) is -0.181. The number of rotatable bonds is 3. The van der Waals surface area contributed by atoms with Crippen LogP contribution >= 0.6 is 0 Å². The molecule has 1 N–H and O–H groups in total. The molecule has 0 aliphatic carbocycles. The lowest BCUT2D eigenvalue weighted by Gasteiger charge is -2.10. The third kappa shape index (κ3) is 2.48. The van der Waals surface area contributed by atoms with Crippen molar-refractivity contribution in [2.45, 2.75) is 13.5 Å². The minimum Gasteiger partial charge on any atom is -0.381 e. The first-order valence-electron chi connectivity index (χ1n) is 6.56. The number of halogens is 1. The van der Waals surface area contributed by atoms with E-state index >= 15 is 0 Å². The Balaban J connectivity index is 1.81. The van der Waals surface area contributed by atoms with Gasteiger partial charge in [0.05, 0.1) is 0 Å². The summed E-state index contributed by atoms with van der Waals surface area (Å²) in [6, 6.07) is 13.3. The first kappa shape index (κ1) is 12.6. The van der Waals surface area contributed by atoms with Crippen molar-refractivity contribution in [2.24, 2.45) is 0 Å². The van der Waals surface area contributed by atoms with Crippen molar-refractivity contribution in [3.8, 4) is 0 Å². The van der Waals surface area contributed by atoms with Crippen LogP contribution in [0.1, 0.15) is 11.1 Å². The molecule has 0 radical (unpaired) electrons. The van der Waals surface area contributed by atoms with Gasteiger partial charge in [0.1, 0.15) is 5.82 Å². The SMILES string of the molecule is Cc1c(F)cccc1NCc1ccc2cnccc2c1. The molecule has 0 fully saturated rings. The third-order valence-electron chi connectivity index (χ3n) is 3.46. The van der Waals surface area contributed by atoms with Crippen molar-refractivity contribution in [1.82, 2.24) is 4.98 Å². The predicted molar refractivity (Wildman–Crippen MR) is 80.2 cm³/mol. The van der Waals surface area contributed by atoms with Gasteiger partial charge in [-0.05, 0) is 42.1 Å². The van der Waals surface area contributed by atoms with E-state index in [9.17, 15) is 4.39 Å². The summed E-state index contributed by atoms with van der Waals surface area (Å²) in [7, 11) is 0. The van der Waals surface area contributed by atoms with E-state index in [0.717, 1.165) is 22.0 Å². The number of nitrogens with zero attached hydrogens (tertiary/aromatic N) is 1. The van der Waals surface area contributed by atoms with E-state index < -0.39 is 0 Å². The van der Waals surface area contributed by atoms with Crippen LogP contribution in [0.15, 0.2) is 54.9 Å². The second-order valence-corrected chi connectivity index (χ2v) is 4.82. The number of aromatic nitrogens is 1. The second kappa shape index (κ2) is 5.29. The van der Waals surface area contributed by atoms with Gasteiger partial charge in [0, 0.05) is 35.6 Å². The van der Waals surface area contributed by atoms with Crippen LogP contribution in [0.25, 0.3) is 10.8 Å². The van der Waals surface area contributed by atoms with Crippen LogP contribution < -0.4 is 5.32 Å². The Morgan fingerprint density at radius 2 is 2.00 bits per heavy atom. The van der Waals surface area contributed by atoms with Crippen LogP contribution in [-0.2, 0) is 6.54 Å². The maximum Gasteiger partial charge on any atom is 0.128 e. The summed E-state index contributed by atoms with van der Waals surface area (Å²) < 4.78 is 13.5. The molecule has 3 aromatic rings. The van der Waals surface area contributed by atoms with Gasteiger partial charge in [-0.25, -0.2) is 4.39 Å². The summed E-state index contributed by atoms with van der Waals surface area (Å²) in [5, 5.41) is 5.56. The maximum absolute atomic E-state index is 13.5. The van der Waals surface area contributed by atoms with E-state index in [1.807, 2.05) is 18.3 Å². The van der Waals surface area contributed by atoms with E-state index in [1.165, 1.54) is 6.07 Å². The number of fused-ring (bicyclic) bond motifs is 1. The summed E-state index contributed by atoms with van der Waals surface area (Å²) >= 11 is 0. The van der Waals surface area contributed by atoms with E-state index in [4.69, 9.17) is 0 Å². The van der Waals surface area contributed by atoms with Gasteiger partial charge < -0.3 is 5.32 Å². The fraction of sp³-hybridized carbons (Fsp3) is 0.118. The molecule has 3 heteroatoms. The van der Waals surface area contributed by atoms with E-state index in [0.29, 0.717) is 12.1 Å². The van der Waals surface area contributed by atoms with Crippen molar-refractivity contribution in [3.05, 3.63) is 71.8 Å². The van der Waals surface area contributed by atoms with Gasteiger partial charge in [-0.3, -0.25) is 4.98 Å². The van der Waals surface area contributed by atoms with Crippen LogP contribution in [0.5, 0.6) is 0 Å². The largest absolute Gasteiger partial charge is 0.381 e. The quantitative estimate of drug-likeness (QED) is 0.764. The highest BCUT2D eigenvalue weighted by Crippen LogP contribution is 2.19. The number of nitrogens with one attached hydrogen (secondary N) is 1. The van der Waals surface area contributed by atoms with Gasteiger partial charge in [-0.1, -0.05) is 18.2 Å². The highest BCUT2D eigenvalue weighted by Gasteiger charge is 2.03. The molecule has 0 aliphatic heterocycles. The zero-order valence-corrected chi connectivity index (χ0v) is 11.2. The molecule has 3 rings (SSSR count). The zero-order valence-electron chi connectivity index (χ0n) is 11.2. The molecule has 0 saturated carbocycles. The number of pyridine rings is 1. The minimum absolute atomic E-state index is 0.181. The molecule has 2 nitrogen and oxygen atoms in total. The smallest absolute Gasteiger partial charge is 0.128 e. The maximum atomic E-state index is 13.5. The van der Waals surface area contributed by atoms with Crippen LogP contribution in [0, 0.1) is 12.7 Å². The van der Waals surface area contributed by atoms with Crippen molar-refractivity contribution in [3.63, 3.8) is 0 Å². The Morgan fingerprint density at radius 1 is 1.10 bits per heavy atom. The minimum atomic E-state index is -0.181. The molecule has 0 unspecified atom stereocenters. The molecule has 0 amide bonds. The van der Waals surface area contributed by atoms with Gasteiger partial charge >= 0.3 is 0 Å². The Morgan fingerprint density at radius 3 is 2.90 bits per heavy atom. The first-order chi connectivity index (χ1) is 9.74. The molecule has 0 bridgehead atoms. The molecule has 0 spiro atoms. The van der Waals surface area contributed by atoms with Gasteiger partial charge in [-0.15, -0.1) is 0 Å². The molecular formula is C17H15FN2.